The minimum atomic E-state index is 0.715. The van der Waals surface area contributed by atoms with Crippen LogP contribution in [0.2, 0.25) is 0 Å². The molecular formula is C19H22N2. The highest BCUT2D eigenvalue weighted by Gasteiger charge is 2.09. The Labute approximate surface area is 127 Å². The molecule has 0 aliphatic carbocycles. The Balaban J connectivity index is 0.000000173. The summed E-state index contributed by atoms with van der Waals surface area (Å²) < 4.78 is 0. The van der Waals surface area contributed by atoms with E-state index in [0.29, 0.717) is 5.56 Å². The van der Waals surface area contributed by atoms with E-state index < -0.39 is 0 Å². The number of benzene rings is 2. The van der Waals surface area contributed by atoms with Gasteiger partial charge >= 0.3 is 0 Å². The summed E-state index contributed by atoms with van der Waals surface area (Å²) in [6.45, 7) is 3.71. The van der Waals surface area contributed by atoms with Gasteiger partial charge < -0.3 is 0 Å². The SMILES string of the molecule is N#Cc1ccccc1.c1ccc(CN2CCCCC2)cc1. The van der Waals surface area contributed by atoms with Crippen LogP contribution in [0.1, 0.15) is 30.4 Å². The lowest BCUT2D eigenvalue weighted by atomic mass is 10.1. The van der Waals surface area contributed by atoms with Crippen molar-refractivity contribution in [1.29, 1.82) is 5.26 Å². The predicted octanol–water partition coefficient (Wildman–Crippen LogP) is 4.23. The molecule has 0 bridgehead atoms. The van der Waals surface area contributed by atoms with Crippen LogP contribution in [-0.2, 0) is 6.54 Å². The van der Waals surface area contributed by atoms with Crippen LogP contribution in [0, 0.1) is 11.3 Å². The number of hydrogen-bond acceptors (Lipinski definition) is 2. The van der Waals surface area contributed by atoms with Gasteiger partial charge in [0.25, 0.3) is 0 Å². The second-order valence-electron chi connectivity index (χ2n) is 5.30. The second kappa shape index (κ2) is 8.94. The molecule has 2 heteroatoms. The lowest BCUT2D eigenvalue weighted by Crippen LogP contribution is -2.28. The Bertz CT molecular complexity index is 537. The highest BCUT2D eigenvalue weighted by molar-refractivity contribution is 5.27. The van der Waals surface area contributed by atoms with E-state index in [0.717, 1.165) is 6.54 Å². The maximum absolute atomic E-state index is 8.29. The van der Waals surface area contributed by atoms with Crippen molar-refractivity contribution >= 4 is 0 Å². The third kappa shape index (κ3) is 5.81. The molecule has 2 nitrogen and oxygen atoms in total. The molecule has 1 aliphatic heterocycles. The van der Waals surface area contributed by atoms with Gasteiger partial charge in [0.05, 0.1) is 11.6 Å². The average Bonchev–Trinajstić information content (AvgIpc) is 2.58. The van der Waals surface area contributed by atoms with Crippen molar-refractivity contribution in [3.63, 3.8) is 0 Å². The van der Waals surface area contributed by atoms with Crippen molar-refractivity contribution < 1.29 is 0 Å². The monoisotopic (exact) mass is 278 g/mol. The molecule has 1 saturated heterocycles. The number of rotatable bonds is 2. The number of likely N-dealkylation sites (tertiary alicyclic amines) is 1. The predicted molar refractivity (Wildman–Crippen MR) is 86.7 cm³/mol. The van der Waals surface area contributed by atoms with E-state index in [4.69, 9.17) is 5.26 Å². The Morgan fingerprint density at radius 2 is 1.38 bits per heavy atom. The maximum Gasteiger partial charge on any atom is 0.0991 e. The molecule has 108 valence electrons. The van der Waals surface area contributed by atoms with Gasteiger partial charge in [-0.25, -0.2) is 0 Å². The lowest BCUT2D eigenvalue weighted by Gasteiger charge is -2.26. The molecule has 0 unspecified atom stereocenters. The molecule has 2 aromatic carbocycles. The van der Waals surface area contributed by atoms with Crippen molar-refractivity contribution in [2.24, 2.45) is 0 Å². The van der Waals surface area contributed by atoms with Gasteiger partial charge in [0.15, 0.2) is 0 Å². The van der Waals surface area contributed by atoms with Crippen LogP contribution in [0.5, 0.6) is 0 Å². The molecular weight excluding hydrogens is 256 g/mol. The van der Waals surface area contributed by atoms with Gasteiger partial charge in [-0.1, -0.05) is 55.0 Å². The summed E-state index contributed by atoms with van der Waals surface area (Å²) in [6.07, 6.45) is 4.19. The molecule has 0 amide bonds. The van der Waals surface area contributed by atoms with Gasteiger partial charge in [-0.15, -0.1) is 0 Å². The quantitative estimate of drug-likeness (QED) is 0.822. The van der Waals surface area contributed by atoms with Crippen LogP contribution in [0.25, 0.3) is 0 Å². The first-order valence-corrected chi connectivity index (χ1v) is 7.60. The smallest absolute Gasteiger partial charge is 0.0991 e. The first-order valence-electron chi connectivity index (χ1n) is 7.60. The highest BCUT2D eigenvalue weighted by atomic mass is 15.1. The van der Waals surface area contributed by atoms with Crippen LogP contribution in [0.3, 0.4) is 0 Å². The van der Waals surface area contributed by atoms with E-state index in [1.165, 1.54) is 37.9 Å². The molecule has 2 aromatic rings. The van der Waals surface area contributed by atoms with E-state index in [2.05, 4.69) is 35.2 Å². The Morgan fingerprint density at radius 1 is 0.810 bits per heavy atom. The van der Waals surface area contributed by atoms with Crippen LogP contribution < -0.4 is 0 Å². The molecule has 3 rings (SSSR count). The summed E-state index contributed by atoms with van der Waals surface area (Å²) in [6, 6.07) is 21.9. The fourth-order valence-electron chi connectivity index (χ4n) is 2.47. The van der Waals surface area contributed by atoms with Crippen molar-refractivity contribution in [3.05, 3.63) is 71.8 Å². The zero-order chi connectivity index (χ0) is 14.8. The fourth-order valence-corrected chi connectivity index (χ4v) is 2.47. The van der Waals surface area contributed by atoms with Crippen LogP contribution in [0.4, 0.5) is 0 Å². The molecule has 0 radical (unpaired) electrons. The maximum atomic E-state index is 8.29. The number of hydrogen-bond donors (Lipinski definition) is 0. The molecule has 21 heavy (non-hydrogen) atoms. The minimum Gasteiger partial charge on any atom is -0.299 e. The first kappa shape index (κ1) is 15.3. The number of piperidine rings is 1. The van der Waals surface area contributed by atoms with E-state index in [9.17, 15) is 0 Å². The van der Waals surface area contributed by atoms with Crippen molar-refractivity contribution in [3.8, 4) is 6.07 Å². The third-order valence-electron chi connectivity index (χ3n) is 3.60. The molecule has 0 saturated carbocycles. The largest absolute Gasteiger partial charge is 0.299 e. The van der Waals surface area contributed by atoms with Gasteiger partial charge in [-0.05, 0) is 43.6 Å². The standard InChI is InChI=1S/C12H17N.C7H5N/c1-3-7-12(8-4-1)11-13-9-5-2-6-10-13;8-6-7-4-2-1-3-5-7/h1,3-4,7-8H,2,5-6,9-11H2;1-5H. The zero-order valence-electron chi connectivity index (χ0n) is 12.4. The van der Waals surface area contributed by atoms with Crippen LogP contribution in [-0.4, -0.2) is 18.0 Å². The molecule has 0 aromatic heterocycles. The van der Waals surface area contributed by atoms with Gasteiger partial charge in [-0.2, -0.15) is 5.26 Å². The topological polar surface area (TPSA) is 27.0 Å². The summed E-state index contributed by atoms with van der Waals surface area (Å²) in [5.74, 6) is 0. The molecule has 1 fully saturated rings. The number of nitriles is 1. The third-order valence-corrected chi connectivity index (χ3v) is 3.60. The normalized spacial score (nSPS) is 14.6. The summed E-state index contributed by atoms with van der Waals surface area (Å²) in [7, 11) is 0. The molecule has 0 atom stereocenters. The summed E-state index contributed by atoms with van der Waals surface area (Å²) >= 11 is 0. The molecule has 0 N–H and O–H groups in total. The van der Waals surface area contributed by atoms with Crippen LogP contribution >= 0.6 is 0 Å². The fraction of sp³-hybridized carbons (Fsp3) is 0.316. The minimum absolute atomic E-state index is 0.715. The van der Waals surface area contributed by atoms with Crippen molar-refractivity contribution in [2.45, 2.75) is 25.8 Å². The zero-order valence-corrected chi connectivity index (χ0v) is 12.4. The second-order valence-corrected chi connectivity index (χ2v) is 5.30. The van der Waals surface area contributed by atoms with Crippen molar-refractivity contribution in [1.82, 2.24) is 4.90 Å². The Hall–Kier alpha value is -2.11. The number of nitrogens with zero attached hydrogens (tertiary/aromatic N) is 2. The Morgan fingerprint density at radius 3 is 1.90 bits per heavy atom. The molecule has 0 spiro atoms. The molecule has 1 heterocycles. The van der Waals surface area contributed by atoms with Gasteiger partial charge in [-0.3, -0.25) is 4.90 Å². The average molecular weight is 278 g/mol. The summed E-state index contributed by atoms with van der Waals surface area (Å²) in [5.41, 5.74) is 2.16. The first-order chi connectivity index (χ1) is 10.4. The van der Waals surface area contributed by atoms with E-state index >= 15 is 0 Å². The van der Waals surface area contributed by atoms with Gasteiger partial charge in [0.2, 0.25) is 0 Å². The van der Waals surface area contributed by atoms with Gasteiger partial charge in [0.1, 0.15) is 0 Å². The lowest BCUT2D eigenvalue weighted by molar-refractivity contribution is 0.221. The molecule has 1 aliphatic rings. The van der Waals surface area contributed by atoms with Crippen molar-refractivity contribution in [2.75, 3.05) is 13.1 Å². The van der Waals surface area contributed by atoms with E-state index in [-0.39, 0.29) is 0 Å². The summed E-state index contributed by atoms with van der Waals surface area (Å²) in [5, 5.41) is 8.29. The van der Waals surface area contributed by atoms with Crippen LogP contribution in [0.15, 0.2) is 60.7 Å². The summed E-state index contributed by atoms with van der Waals surface area (Å²) in [4.78, 5) is 2.55. The van der Waals surface area contributed by atoms with Gasteiger partial charge in [0, 0.05) is 6.54 Å². The van der Waals surface area contributed by atoms with E-state index in [1.54, 1.807) is 12.1 Å². The highest BCUT2D eigenvalue weighted by Crippen LogP contribution is 2.12. The Kier molecular flexibility index (Phi) is 6.51. The van der Waals surface area contributed by atoms with E-state index in [1.807, 2.05) is 24.3 Å².